The Labute approximate surface area is 156 Å². The molecule has 0 unspecified atom stereocenters. The van der Waals surface area contributed by atoms with Crippen LogP contribution in [0.15, 0.2) is 24.3 Å². The molecule has 0 saturated carbocycles. The van der Waals surface area contributed by atoms with Crippen LogP contribution in [-0.2, 0) is 4.74 Å². The maximum absolute atomic E-state index is 11.7. The predicted molar refractivity (Wildman–Crippen MR) is 99.5 cm³/mol. The van der Waals surface area contributed by atoms with Gasteiger partial charge < -0.3 is 25.4 Å². The fourth-order valence-corrected chi connectivity index (χ4v) is 2.78. The van der Waals surface area contributed by atoms with Crippen LogP contribution in [0.3, 0.4) is 0 Å². The molecule has 0 radical (unpaired) electrons. The lowest BCUT2D eigenvalue weighted by atomic mass is 10.2. The van der Waals surface area contributed by atoms with Crippen molar-refractivity contribution in [3.8, 4) is 5.88 Å². The Hall–Kier alpha value is -2.58. The molecule has 1 aromatic heterocycles. The van der Waals surface area contributed by atoms with Crippen LogP contribution < -0.4 is 20.7 Å². The Balaban J connectivity index is 1.83. The summed E-state index contributed by atoms with van der Waals surface area (Å²) in [7, 11) is 0. The Morgan fingerprint density at radius 2 is 2.00 bits per heavy atom. The number of aromatic nitrogens is 2. The summed E-state index contributed by atoms with van der Waals surface area (Å²) in [5, 5.41) is 3.05. The third-order valence-electron chi connectivity index (χ3n) is 3.84. The quantitative estimate of drug-likeness (QED) is 0.795. The Morgan fingerprint density at radius 1 is 1.31 bits per heavy atom. The molecule has 1 aliphatic rings. The van der Waals surface area contributed by atoms with Crippen molar-refractivity contribution in [3.05, 3.63) is 35.1 Å². The number of nitrogens with one attached hydrogen (secondary N) is 1. The zero-order chi connectivity index (χ0) is 18.5. The van der Waals surface area contributed by atoms with Crippen molar-refractivity contribution in [2.24, 2.45) is 5.73 Å². The molecule has 1 aliphatic heterocycles. The second kappa shape index (κ2) is 8.20. The minimum Gasteiger partial charge on any atom is -0.476 e. The third kappa shape index (κ3) is 4.14. The molecule has 0 bridgehead atoms. The van der Waals surface area contributed by atoms with Gasteiger partial charge in [-0.2, -0.15) is 4.98 Å². The van der Waals surface area contributed by atoms with Crippen LogP contribution in [0.4, 0.5) is 17.2 Å². The van der Waals surface area contributed by atoms with Crippen LogP contribution in [-0.4, -0.2) is 48.8 Å². The van der Waals surface area contributed by atoms with Gasteiger partial charge in [0, 0.05) is 24.5 Å². The monoisotopic (exact) mass is 377 g/mol. The van der Waals surface area contributed by atoms with E-state index >= 15 is 0 Å². The number of primary amides is 1. The number of carbonyl (C=O) groups excluding carboxylic acids is 1. The standard InChI is InChI=1S/C17H20ClN5O3/c1-2-26-17-14(18)21-13(15(19)24)16(22-17)20-11-3-5-12(6-4-11)23-7-9-25-10-8-23/h3-6H,2,7-10H2,1H3,(H2,19,24)(H,20,22). The van der Waals surface area contributed by atoms with Gasteiger partial charge in [0.15, 0.2) is 16.7 Å². The van der Waals surface area contributed by atoms with Crippen LogP contribution in [0.1, 0.15) is 17.4 Å². The molecule has 1 aromatic carbocycles. The van der Waals surface area contributed by atoms with Gasteiger partial charge in [-0.15, -0.1) is 0 Å². The number of benzene rings is 1. The minimum atomic E-state index is -0.727. The molecule has 0 aliphatic carbocycles. The van der Waals surface area contributed by atoms with E-state index in [-0.39, 0.29) is 22.5 Å². The van der Waals surface area contributed by atoms with Crippen molar-refractivity contribution in [1.29, 1.82) is 0 Å². The summed E-state index contributed by atoms with van der Waals surface area (Å²) in [6, 6.07) is 7.77. The first-order valence-electron chi connectivity index (χ1n) is 8.28. The zero-order valence-electron chi connectivity index (χ0n) is 14.4. The smallest absolute Gasteiger partial charge is 0.271 e. The molecule has 9 heteroatoms. The lowest BCUT2D eigenvalue weighted by Gasteiger charge is -2.28. The second-order valence-corrected chi connectivity index (χ2v) is 5.94. The molecule has 1 fully saturated rings. The number of hydrogen-bond donors (Lipinski definition) is 2. The van der Waals surface area contributed by atoms with Crippen molar-refractivity contribution in [2.45, 2.75) is 6.92 Å². The fourth-order valence-electron chi connectivity index (χ4n) is 2.60. The highest BCUT2D eigenvalue weighted by atomic mass is 35.5. The van der Waals surface area contributed by atoms with Gasteiger partial charge >= 0.3 is 0 Å². The summed E-state index contributed by atoms with van der Waals surface area (Å²) < 4.78 is 10.7. The lowest BCUT2D eigenvalue weighted by molar-refractivity contribution is 0.0996. The lowest BCUT2D eigenvalue weighted by Crippen LogP contribution is -2.36. The first-order chi connectivity index (χ1) is 12.6. The Kier molecular flexibility index (Phi) is 5.75. The molecule has 2 heterocycles. The molecular weight excluding hydrogens is 358 g/mol. The highest BCUT2D eigenvalue weighted by molar-refractivity contribution is 6.30. The van der Waals surface area contributed by atoms with E-state index in [1.807, 2.05) is 24.3 Å². The zero-order valence-corrected chi connectivity index (χ0v) is 15.1. The average molecular weight is 378 g/mol. The van der Waals surface area contributed by atoms with Gasteiger partial charge in [-0.05, 0) is 31.2 Å². The van der Waals surface area contributed by atoms with E-state index in [1.165, 1.54) is 0 Å². The van der Waals surface area contributed by atoms with Gasteiger partial charge in [-0.25, -0.2) is 4.98 Å². The Bertz CT molecular complexity index is 779. The number of morpholine rings is 1. The number of hydrogen-bond acceptors (Lipinski definition) is 7. The fraction of sp³-hybridized carbons (Fsp3) is 0.353. The number of anilines is 3. The molecule has 8 nitrogen and oxygen atoms in total. The first-order valence-corrected chi connectivity index (χ1v) is 8.66. The number of carbonyl (C=O) groups is 1. The molecular formula is C17H20ClN5O3. The van der Waals surface area contributed by atoms with E-state index in [4.69, 9.17) is 26.8 Å². The van der Waals surface area contributed by atoms with Crippen molar-refractivity contribution in [2.75, 3.05) is 43.1 Å². The van der Waals surface area contributed by atoms with E-state index in [0.717, 1.165) is 37.7 Å². The van der Waals surface area contributed by atoms with E-state index in [9.17, 15) is 4.79 Å². The number of rotatable bonds is 6. The van der Waals surface area contributed by atoms with E-state index in [1.54, 1.807) is 6.92 Å². The van der Waals surface area contributed by atoms with Crippen LogP contribution >= 0.6 is 11.6 Å². The molecule has 1 amide bonds. The topological polar surface area (TPSA) is 103 Å². The number of amides is 1. The first kappa shape index (κ1) is 18.2. The molecule has 3 rings (SSSR count). The van der Waals surface area contributed by atoms with Crippen molar-refractivity contribution in [1.82, 2.24) is 9.97 Å². The molecule has 2 aromatic rings. The average Bonchev–Trinajstić information content (AvgIpc) is 2.65. The summed E-state index contributed by atoms with van der Waals surface area (Å²) in [4.78, 5) is 22.1. The normalized spacial score (nSPS) is 14.2. The highest BCUT2D eigenvalue weighted by Crippen LogP contribution is 2.27. The van der Waals surface area contributed by atoms with Gasteiger partial charge in [-0.3, -0.25) is 4.79 Å². The molecule has 0 atom stereocenters. The van der Waals surface area contributed by atoms with Crippen molar-refractivity contribution >= 4 is 34.7 Å². The van der Waals surface area contributed by atoms with Crippen LogP contribution in [0.5, 0.6) is 5.88 Å². The van der Waals surface area contributed by atoms with Gasteiger partial charge in [0.2, 0.25) is 0 Å². The Morgan fingerprint density at radius 3 is 2.62 bits per heavy atom. The van der Waals surface area contributed by atoms with Crippen LogP contribution in [0.25, 0.3) is 0 Å². The second-order valence-electron chi connectivity index (χ2n) is 5.59. The molecule has 0 spiro atoms. The SMILES string of the molecule is CCOc1nc(Nc2ccc(N3CCOCC3)cc2)c(C(N)=O)nc1Cl. The molecule has 26 heavy (non-hydrogen) atoms. The third-order valence-corrected chi connectivity index (χ3v) is 4.09. The van der Waals surface area contributed by atoms with E-state index < -0.39 is 5.91 Å². The number of nitrogens with zero attached hydrogens (tertiary/aromatic N) is 3. The van der Waals surface area contributed by atoms with E-state index in [0.29, 0.717) is 6.61 Å². The van der Waals surface area contributed by atoms with E-state index in [2.05, 4.69) is 20.2 Å². The maximum atomic E-state index is 11.7. The van der Waals surface area contributed by atoms with Gasteiger partial charge in [-0.1, -0.05) is 11.6 Å². The summed E-state index contributed by atoms with van der Waals surface area (Å²) in [5.41, 5.74) is 7.18. The van der Waals surface area contributed by atoms with Crippen LogP contribution in [0.2, 0.25) is 5.15 Å². The molecule has 138 valence electrons. The van der Waals surface area contributed by atoms with Gasteiger partial charge in [0.1, 0.15) is 0 Å². The van der Waals surface area contributed by atoms with Crippen molar-refractivity contribution in [3.63, 3.8) is 0 Å². The maximum Gasteiger partial charge on any atom is 0.271 e. The van der Waals surface area contributed by atoms with Crippen molar-refractivity contribution < 1.29 is 14.3 Å². The summed E-state index contributed by atoms with van der Waals surface area (Å²) >= 11 is 5.98. The van der Waals surface area contributed by atoms with Crippen LogP contribution in [0, 0.1) is 0 Å². The van der Waals surface area contributed by atoms with Gasteiger partial charge in [0.25, 0.3) is 11.8 Å². The summed E-state index contributed by atoms with van der Waals surface area (Å²) in [5.74, 6) is -0.383. The summed E-state index contributed by atoms with van der Waals surface area (Å²) in [6.07, 6.45) is 0. The molecule has 3 N–H and O–H groups in total. The number of nitrogens with two attached hydrogens (primary N) is 1. The number of halogens is 1. The molecule has 1 saturated heterocycles. The number of ether oxygens (including phenoxy) is 2. The predicted octanol–water partition coefficient (Wildman–Crippen LogP) is 2.21. The minimum absolute atomic E-state index is 0.00568. The highest BCUT2D eigenvalue weighted by Gasteiger charge is 2.18. The van der Waals surface area contributed by atoms with Gasteiger partial charge in [0.05, 0.1) is 19.8 Å². The summed E-state index contributed by atoms with van der Waals surface area (Å²) in [6.45, 7) is 5.35. The largest absolute Gasteiger partial charge is 0.476 e.